The summed E-state index contributed by atoms with van der Waals surface area (Å²) >= 11 is 5.91. The van der Waals surface area contributed by atoms with E-state index in [0.717, 1.165) is 11.1 Å². The molecule has 1 aliphatic rings. The molecule has 0 radical (unpaired) electrons. The third-order valence-corrected chi connectivity index (χ3v) is 7.50. The lowest BCUT2D eigenvalue weighted by Gasteiger charge is -2.16. The summed E-state index contributed by atoms with van der Waals surface area (Å²) in [6, 6.07) is 19.8. The van der Waals surface area contributed by atoms with Gasteiger partial charge in [-0.1, -0.05) is 48.0 Å². The Morgan fingerprint density at radius 1 is 1.03 bits per heavy atom. The van der Waals surface area contributed by atoms with Crippen LogP contribution < -0.4 is 10.0 Å². The topological polar surface area (TPSA) is 122 Å². The van der Waals surface area contributed by atoms with E-state index in [1.807, 2.05) is 12.1 Å². The minimum absolute atomic E-state index is 0.0439. The summed E-state index contributed by atoms with van der Waals surface area (Å²) in [5.41, 5.74) is 0.972. The molecule has 1 amide bonds. The van der Waals surface area contributed by atoms with Gasteiger partial charge >= 0.3 is 12.1 Å². The van der Waals surface area contributed by atoms with Crippen LogP contribution in [0.4, 0.5) is 10.5 Å². The van der Waals surface area contributed by atoms with Crippen LogP contribution in [0.15, 0.2) is 77.7 Å². The van der Waals surface area contributed by atoms with Crippen LogP contribution in [0.5, 0.6) is 0 Å². The highest BCUT2D eigenvalue weighted by molar-refractivity contribution is 7.89. The maximum Gasteiger partial charge on any atom is 0.411 e. The first-order valence-electron chi connectivity index (χ1n) is 10.2. The number of sulfonamides is 1. The van der Waals surface area contributed by atoms with Gasteiger partial charge in [-0.2, -0.15) is 4.72 Å². The van der Waals surface area contributed by atoms with Crippen LogP contribution in [0, 0.1) is 0 Å². The number of carboxylic acids is 1. The van der Waals surface area contributed by atoms with Crippen LogP contribution in [-0.4, -0.2) is 38.2 Å². The molecule has 3 aromatic rings. The molecule has 3 N–H and O–H groups in total. The smallest absolute Gasteiger partial charge is 0.411 e. The summed E-state index contributed by atoms with van der Waals surface area (Å²) in [7, 11) is -2.89. The molecular formula is C24H21ClN2O6S. The lowest BCUT2D eigenvalue weighted by atomic mass is 10.1. The third-order valence-electron chi connectivity index (χ3n) is 5.72. The van der Waals surface area contributed by atoms with E-state index in [1.54, 1.807) is 48.5 Å². The summed E-state index contributed by atoms with van der Waals surface area (Å²) in [4.78, 5) is 23.5. The lowest BCUT2D eigenvalue weighted by Crippen LogP contribution is -2.44. The van der Waals surface area contributed by atoms with Gasteiger partial charge in [0.25, 0.3) is 0 Å². The lowest BCUT2D eigenvalue weighted by molar-refractivity contribution is -0.140. The quantitative estimate of drug-likeness (QED) is 0.440. The Morgan fingerprint density at radius 2 is 1.65 bits per heavy atom. The number of nitrogens with one attached hydrogen (secondary N) is 2. The van der Waals surface area contributed by atoms with Gasteiger partial charge in [0.2, 0.25) is 10.0 Å². The number of anilines is 1. The largest absolute Gasteiger partial charge is 0.480 e. The Hall–Kier alpha value is -3.40. The second-order valence-electron chi connectivity index (χ2n) is 7.91. The minimum Gasteiger partial charge on any atom is -0.480 e. The first-order valence-corrected chi connectivity index (χ1v) is 12.1. The molecule has 1 fully saturated rings. The van der Waals surface area contributed by atoms with Crippen molar-refractivity contribution >= 4 is 39.4 Å². The molecule has 8 nitrogen and oxygen atoms in total. The predicted molar refractivity (Wildman–Crippen MR) is 127 cm³/mol. The number of aliphatic carboxylic acids is 1. The molecule has 0 bridgehead atoms. The highest BCUT2D eigenvalue weighted by Gasteiger charge is 2.63. The van der Waals surface area contributed by atoms with Crippen LogP contribution in [0.25, 0.3) is 11.1 Å². The number of hydrogen-bond donors (Lipinski definition) is 3. The van der Waals surface area contributed by atoms with E-state index >= 15 is 0 Å². The van der Waals surface area contributed by atoms with Crippen LogP contribution in [0.3, 0.4) is 0 Å². The molecule has 0 spiro atoms. The Bertz CT molecular complexity index is 1340. The monoisotopic (exact) mass is 500 g/mol. The van der Waals surface area contributed by atoms with Gasteiger partial charge in [0.1, 0.15) is 5.54 Å². The van der Waals surface area contributed by atoms with Crippen molar-refractivity contribution < 1.29 is 27.9 Å². The van der Waals surface area contributed by atoms with E-state index in [1.165, 1.54) is 19.2 Å². The van der Waals surface area contributed by atoms with Gasteiger partial charge in [-0.3, -0.25) is 10.1 Å². The van der Waals surface area contributed by atoms with Gasteiger partial charge in [-0.15, -0.1) is 0 Å². The molecule has 34 heavy (non-hydrogen) atoms. The summed E-state index contributed by atoms with van der Waals surface area (Å²) < 4.78 is 33.0. The molecule has 3 aromatic carbocycles. The molecule has 0 aliphatic heterocycles. The average molecular weight is 501 g/mol. The Kier molecular flexibility index (Phi) is 6.35. The third kappa shape index (κ3) is 4.77. The normalized spacial score (nSPS) is 19.3. The number of carboxylic acid groups (broad SMARTS) is 1. The predicted octanol–water partition coefficient (Wildman–Crippen LogP) is 4.47. The van der Waals surface area contributed by atoms with Crippen molar-refractivity contribution in [1.82, 2.24) is 4.72 Å². The molecule has 4 rings (SSSR count). The molecule has 0 heterocycles. The number of ether oxygens (including phenoxy) is 1. The average Bonchev–Trinajstić information content (AvgIpc) is 3.54. The summed E-state index contributed by atoms with van der Waals surface area (Å²) in [5, 5.41) is 13.0. The molecule has 176 valence electrons. The van der Waals surface area contributed by atoms with Crippen LogP contribution in [0.1, 0.15) is 17.9 Å². The zero-order valence-electron chi connectivity index (χ0n) is 18.0. The van der Waals surface area contributed by atoms with Gasteiger partial charge in [0.15, 0.2) is 0 Å². The van der Waals surface area contributed by atoms with Crippen molar-refractivity contribution in [3.05, 3.63) is 83.4 Å². The molecule has 1 aliphatic carbocycles. The van der Waals surface area contributed by atoms with E-state index in [-0.39, 0.29) is 11.3 Å². The molecule has 1 saturated carbocycles. The van der Waals surface area contributed by atoms with Crippen molar-refractivity contribution in [1.29, 1.82) is 0 Å². The number of methoxy groups -OCH3 is 1. The molecule has 2 atom stereocenters. The summed E-state index contributed by atoms with van der Waals surface area (Å²) in [6.45, 7) is 0. The maximum atomic E-state index is 13.0. The Labute approximate surface area is 201 Å². The molecular weight excluding hydrogens is 480 g/mol. The van der Waals surface area contributed by atoms with Gasteiger partial charge in [-0.05, 0) is 59.5 Å². The fourth-order valence-corrected chi connectivity index (χ4v) is 5.36. The van der Waals surface area contributed by atoms with Crippen LogP contribution in [-0.2, 0) is 19.6 Å². The summed E-state index contributed by atoms with van der Waals surface area (Å²) in [5.74, 6) is -1.88. The van der Waals surface area contributed by atoms with Crippen molar-refractivity contribution in [3.63, 3.8) is 0 Å². The highest BCUT2D eigenvalue weighted by atomic mass is 35.5. The zero-order valence-corrected chi connectivity index (χ0v) is 19.6. The first-order chi connectivity index (χ1) is 16.1. The fourth-order valence-electron chi connectivity index (χ4n) is 3.83. The van der Waals surface area contributed by atoms with E-state index in [9.17, 15) is 23.1 Å². The molecule has 10 heteroatoms. The van der Waals surface area contributed by atoms with E-state index < -0.39 is 33.5 Å². The van der Waals surface area contributed by atoms with Gasteiger partial charge < -0.3 is 9.84 Å². The molecule has 0 saturated heterocycles. The molecule has 0 aromatic heterocycles. The first kappa shape index (κ1) is 23.7. The maximum absolute atomic E-state index is 13.0. The fraction of sp³-hybridized carbons (Fsp3) is 0.167. The van der Waals surface area contributed by atoms with Crippen LogP contribution >= 0.6 is 11.6 Å². The van der Waals surface area contributed by atoms with Crippen molar-refractivity contribution in [2.24, 2.45) is 0 Å². The zero-order chi connectivity index (χ0) is 24.5. The highest BCUT2D eigenvalue weighted by Crippen LogP contribution is 2.52. The summed E-state index contributed by atoms with van der Waals surface area (Å²) in [6.07, 6.45) is -0.591. The number of carbonyl (C=O) groups is 2. The number of carbonyl (C=O) groups excluding carboxylic acids is 1. The Morgan fingerprint density at radius 3 is 2.24 bits per heavy atom. The number of hydrogen-bond acceptors (Lipinski definition) is 5. The van der Waals surface area contributed by atoms with Crippen LogP contribution in [0.2, 0.25) is 5.02 Å². The van der Waals surface area contributed by atoms with Crippen molar-refractivity contribution in [2.45, 2.75) is 22.8 Å². The van der Waals surface area contributed by atoms with Gasteiger partial charge in [0, 0.05) is 16.6 Å². The van der Waals surface area contributed by atoms with E-state index in [0.29, 0.717) is 16.3 Å². The van der Waals surface area contributed by atoms with Crippen molar-refractivity contribution in [3.8, 4) is 11.1 Å². The van der Waals surface area contributed by atoms with E-state index in [4.69, 9.17) is 11.6 Å². The Balaban J connectivity index is 1.55. The standard InChI is InChI=1S/C24H21ClN2O6S/c1-33-23(30)26-19-4-2-3-17(13-19)21-14-24(21,22(28)29)27-34(31,32)20-11-7-16(8-12-20)15-5-9-18(25)10-6-15/h2-13,21,27H,14H2,1H3,(H,26,30)(H,28,29). The number of halogens is 1. The number of benzene rings is 3. The van der Waals surface area contributed by atoms with Gasteiger partial charge in [0.05, 0.1) is 12.0 Å². The minimum atomic E-state index is -4.12. The van der Waals surface area contributed by atoms with Crippen molar-refractivity contribution in [2.75, 3.05) is 12.4 Å². The number of amides is 1. The number of rotatable bonds is 7. The van der Waals surface area contributed by atoms with Gasteiger partial charge in [-0.25, -0.2) is 13.2 Å². The SMILES string of the molecule is COC(=O)Nc1cccc(C2CC2(NS(=O)(=O)c2ccc(-c3ccc(Cl)cc3)cc2)C(=O)O)c1. The second-order valence-corrected chi connectivity index (χ2v) is 10.0. The molecule has 2 unspecified atom stereocenters. The van der Waals surface area contributed by atoms with E-state index in [2.05, 4.69) is 14.8 Å². The second kappa shape index (κ2) is 9.09.